The molecule has 0 aromatic heterocycles. The van der Waals surface area contributed by atoms with E-state index in [0.29, 0.717) is 29.2 Å². The Morgan fingerprint density at radius 3 is 2.48 bits per heavy atom. The zero-order valence-electron chi connectivity index (χ0n) is 11.9. The fraction of sp³-hybridized carbons (Fsp3) is 0.176. The molecule has 0 bridgehead atoms. The molecule has 0 aliphatic heterocycles. The van der Waals surface area contributed by atoms with E-state index in [0.717, 1.165) is 5.56 Å². The quantitative estimate of drug-likeness (QED) is 0.788. The van der Waals surface area contributed by atoms with Crippen LogP contribution in [0.1, 0.15) is 28.4 Å². The second-order valence-corrected chi connectivity index (χ2v) is 4.52. The molecule has 2 rings (SSSR count). The predicted molar refractivity (Wildman–Crippen MR) is 78.5 cm³/mol. The van der Waals surface area contributed by atoms with Gasteiger partial charge >= 0.3 is 0 Å². The molecule has 0 atom stereocenters. The lowest BCUT2D eigenvalue weighted by Crippen LogP contribution is -1.98. The van der Waals surface area contributed by atoms with Gasteiger partial charge in [-0.05, 0) is 48.9 Å². The Kier molecular flexibility index (Phi) is 4.57. The first kappa shape index (κ1) is 14.6. The summed E-state index contributed by atoms with van der Waals surface area (Å²) in [6.45, 7) is 1.89. The number of carbonyl (C=O) groups is 1. The largest absolute Gasteiger partial charge is 0.495 e. The van der Waals surface area contributed by atoms with Crippen LogP contribution in [-0.4, -0.2) is 12.9 Å². The minimum absolute atomic E-state index is 0.0263. The number of ketones is 1. The standard InChI is InChI=1S/C17H15NO3/c1-12(19)14-5-7-16(8-6-14)21-11-13-3-4-15(10-18)17(9-13)20-2/h3-9H,11H2,1-2H3. The average Bonchev–Trinajstić information content (AvgIpc) is 2.52. The number of methoxy groups -OCH3 is 1. The lowest BCUT2D eigenvalue weighted by molar-refractivity contribution is 0.101. The Hall–Kier alpha value is -2.80. The Bertz CT molecular complexity index is 684. The van der Waals surface area contributed by atoms with Gasteiger partial charge in [-0.15, -0.1) is 0 Å². The number of hydrogen-bond acceptors (Lipinski definition) is 4. The fourth-order valence-corrected chi connectivity index (χ4v) is 1.87. The number of carbonyl (C=O) groups excluding carboxylic acids is 1. The van der Waals surface area contributed by atoms with E-state index in [1.54, 1.807) is 36.4 Å². The number of Topliss-reactive ketones (excluding diaryl/α,β-unsaturated/α-hetero) is 1. The summed E-state index contributed by atoms with van der Waals surface area (Å²) in [6, 6.07) is 14.4. The smallest absolute Gasteiger partial charge is 0.159 e. The summed E-state index contributed by atoms with van der Waals surface area (Å²) < 4.78 is 10.8. The molecule has 4 heteroatoms. The first-order valence-corrected chi connectivity index (χ1v) is 6.45. The molecule has 106 valence electrons. The molecule has 2 aromatic rings. The van der Waals surface area contributed by atoms with Crippen molar-refractivity contribution in [3.05, 3.63) is 59.2 Å². The van der Waals surface area contributed by atoms with E-state index in [1.807, 2.05) is 6.07 Å². The molecule has 21 heavy (non-hydrogen) atoms. The molecular formula is C17H15NO3. The molecule has 0 aliphatic carbocycles. The van der Waals surface area contributed by atoms with Gasteiger partial charge in [-0.3, -0.25) is 4.79 Å². The highest BCUT2D eigenvalue weighted by Crippen LogP contribution is 2.21. The number of rotatable bonds is 5. The maximum Gasteiger partial charge on any atom is 0.159 e. The van der Waals surface area contributed by atoms with Crippen LogP contribution in [0.5, 0.6) is 11.5 Å². The topological polar surface area (TPSA) is 59.3 Å². The highest BCUT2D eigenvalue weighted by molar-refractivity contribution is 5.94. The van der Waals surface area contributed by atoms with Gasteiger partial charge in [0, 0.05) is 5.56 Å². The second kappa shape index (κ2) is 6.58. The van der Waals surface area contributed by atoms with Gasteiger partial charge in [0.2, 0.25) is 0 Å². The zero-order chi connectivity index (χ0) is 15.2. The van der Waals surface area contributed by atoms with Gasteiger partial charge in [-0.25, -0.2) is 0 Å². The molecule has 0 fully saturated rings. The lowest BCUT2D eigenvalue weighted by Gasteiger charge is -2.09. The molecule has 0 heterocycles. The van der Waals surface area contributed by atoms with E-state index in [1.165, 1.54) is 14.0 Å². The first-order chi connectivity index (χ1) is 10.1. The highest BCUT2D eigenvalue weighted by Gasteiger charge is 2.05. The van der Waals surface area contributed by atoms with E-state index in [4.69, 9.17) is 14.7 Å². The van der Waals surface area contributed by atoms with Crippen molar-refractivity contribution in [1.82, 2.24) is 0 Å². The van der Waals surface area contributed by atoms with E-state index in [2.05, 4.69) is 6.07 Å². The summed E-state index contributed by atoms with van der Waals surface area (Å²) in [4.78, 5) is 11.2. The molecular weight excluding hydrogens is 266 g/mol. The van der Waals surface area contributed by atoms with Gasteiger partial charge in [-0.1, -0.05) is 6.07 Å². The Balaban J connectivity index is 2.06. The minimum Gasteiger partial charge on any atom is -0.495 e. The number of ether oxygens (including phenoxy) is 2. The first-order valence-electron chi connectivity index (χ1n) is 6.45. The van der Waals surface area contributed by atoms with Crippen LogP contribution in [0.25, 0.3) is 0 Å². The molecule has 0 unspecified atom stereocenters. The summed E-state index contributed by atoms with van der Waals surface area (Å²) in [7, 11) is 1.53. The molecule has 0 saturated carbocycles. The van der Waals surface area contributed by atoms with Crippen molar-refractivity contribution in [2.75, 3.05) is 7.11 Å². The van der Waals surface area contributed by atoms with Crippen molar-refractivity contribution in [3.63, 3.8) is 0 Å². The summed E-state index contributed by atoms with van der Waals surface area (Å²) in [5.74, 6) is 1.24. The Morgan fingerprint density at radius 1 is 1.19 bits per heavy atom. The molecule has 0 radical (unpaired) electrons. The Labute approximate surface area is 123 Å². The Morgan fingerprint density at radius 2 is 1.90 bits per heavy atom. The van der Waals surface area contributed by atoms with Crippen LogP contribution >= 0.6 is 0 Å². The van der Waals surface area contributed by atoms with Crippen molar-refractivity contribution < 1.29 is 14.3 Å². The van der Waals surface area contributed by atoms with Crippen LogP contribution in [0.4, 0.5) is 0 Å². The SMILES string of the molecule is COc1cc(COc2ccc(C(C)=O)cc2)ccc1C#N. The van der Waals surface area contributed by atoms with Gasteiger partial charge in [-0.2, -0.15) is 5.26 Å². The van der Waals surface area contributed by atoms with Crippen molar-refractivity contribution in [1.29, 1.82) is 5.26 Å². The van der Waals surface area contributed by atoms with Crippen molar-refractivity contribution in [2.24, 2.45) is 0 Å². The van der Waals surface area contributed by atoms with Gasteiger partial charge < -0.3 is 9.47 Å². The second-order valence-electron chi connectivity index (χ2n) is 4.52. The van der Waals surface area contributed by atoms with E-state index in [-0.39, 0.29) is 5.78 Å². The van der Waals surface area contributed by atoms with E-state index >= 15 is 0 Å². The fourth-order valence-electron chi connectivity index (χ4n) is 1.87. The molecule has 4 nitrogen and oxygen atoms in total. The van der Waals surface area contributed by atoms with Crippen LogP contribution in [0.2, 0.25) is 0 Å². The van der Waals surface area contributed by atoms with Gasteiger partial charge in [0.05, 0.1) is 12.7 Å². The number of nitriles is 1. The third-order valence-electron chi connectivity index (χ3n) is 3.05. The van der Waals surface area contributed by atoms with Crippen LogP contribution in [0.15, 0.2) is 42.5 Å². The van der Waals surface area contributed by atoms with Crippen LogP contribution in [0, 0.1) is 11.3 Å². The van der Waals surface area contributed by atoms with Gasteiger partial charge in [0.1, 0.15) is 24.2 Å². The predicted octanol–water partition coefficient (Wildman–Crippen LogP) is 3.35. The zero-order valence-corrected chi connectivity index (χ0v) is 11.9. The number of hydrogen-bond donors (Lipinski definition) is 0. The maximum absolute atomic E-state index is 11.2. The minimum atomic E-state index is 0.0263. The molecule has 2 aromatic carbocycles. The van der Waals surface area contributed by atoms with Crippen LogP contribution in [-0.2, 0) is 6.61 Å². The van der Waals surface area contributed by atoms with Crippen molar-refractivity contribution >= 4 is 5.78 Å². The summed E-state index contributed by atoms with van der Waals surface area (Å²) in [6.07, 6.45) is 0. The molecule has 0 N–H and O–H groups in total. The van der Waals surface area contributed by atoms with Gasteiger partial charge in [0.15, 0.2) is 5.78 Å². The molecule has 0 saturated heterocycles. The third kappa shape index (κ3) is 3.61. The molecule has 0 spiro atoms. The normalized spacial score (nSPS) is 9.76. The van der Waals surface area contributed by atoms with E-state index in [9.17, 15) is 4.79 Å². The lowest BCUT2D eigenvalue weighted by atomic mass is 10.1. The number of nitrogens with zero attached hydrogens (tertiary/aromatic N) is 1. The summed E-state index contributed by atoms with van der Waals surface area (Å²) >= 11 is 0. The third-order valence-corrected chi connectivity index (χ3v) is 3.05. The van der Waals surface area contributed by atoms with Gasteiger partial charge in [0.25, 0.3) is 0 Å². The number of benzene rings is 2. The average molecular weight is 281 g/mol. The molecule has 0 amide bonds. The summed E-state index contributed by atoms with van der Waals surface area (Å²) in [5, 5.41) is 8.93. The van der Waals surface area contributed by atoms with Crippen molar-refractivity contribution in [2.45, 2.75) is 13.5 Å². The maximum atomic E-state index is 11.2. The monoisotopic (exact) mass is 281 g/mol. The van der Waals surface area contributed by atoms with Crippen LogP contribution in [0.3, 0.4) is 0 Å². The van der Waals surface area contributed by atoms with E-state index < -0.39 is 0 Å². The highest BCUT2D eigenvalue weighted by atomic mass is 16.5. The summed E-state index contributed by atoms with van der Waals surface area (Å²) in [5.41, 5.74) is 2.05. The van der Waals surface area contributed by atoms with Crippen molar-refractivity contribution in [3.8, 4) is 17.6 Å². The molecule has 0 aliphatic rings. The van der Waals surface area contributed by atoms with Crippen LogP contribution < -0.4 is 9.47 Å².